The standard InChI is InChI=1S/C21H21N3O5/c1-13(2)14-4-6-15(7-5-14)18(25)12-23-19(26)21(3,22-20(23)27)16-8-10-17(11-9-16)24(28)29/h4-11,13H,12H2,1-3H3,(H,22,27). The minimum atomic E-state index is -1.39. The molecular formula is C21H21N3O5. The molecule has 1 atom stereocenters. The molecule has 1 aliphatic heterocycles. The number of amides is 3. The molecule has 1 saturated heterocycles. The summed E-state index contributed by atoms with van der Waals surface area (Å²) in [6.07, 6.45) is 0. The molecule has 1 aliphatic rings. The smallest absolute Gasteiger partial charge is 0.319 e. The number of ketones is 1. The van der Waals surface area contributed by atoms with Gasteiger partial charge in [-0.25, -0.2) is 4.79 Å². The Balaban J connectivity index is 1.79. The molecule has 8 nitrogen and oxygen atoms in total. The third kappa shape index (κ3) is 3.73. The van der Waals surface area contributed by atoms with Crippen LogP contribution in [0.25, 0.3) is 0 Å². The zero-order valence-electron chi connectivity index (χ0n) is 16.3. The second kappa shape index (κ2) is 7.46. The summed E-state index contributed by atoms with van der Waals surface area (Å²) in [5.41, 5.74) is 0.387. The Kier molecular flexibility index (Phi) is 5.19. The van der Waals surface area contributed by atoms with Crippen LogP contribution in [0.4, 0.5) is 10.5 Å². The molecule has 3 rings (SSSR count). The number of hydrogen-bond acceptors (Lipinski definition) is 5. The molecule has 1 fully saturated rings. The van der Waals surface area contributed by atoms with Crippen LogP contribution in [-0.4, -0.2) is 34.1 Å². The third-order valence-electron chi connectivity index (χ3n) is 5.13. The normalized spacial score (nSPS) is 18.8. The quantitative estimate of drug-likeness (QED) is 0.349. The van der Waals surface area contributed by atoms with Gasteiger partial charge in [0.1, 0.15) is 5.54 Å². The molecule has 2 aromatic carbocycles. The van der Waals surface area contributed by atoms with Crippen molar-refractivity contribution in [1.29, 1.82) is 0 Å². The molecule has 0 spiro atoms. The van der Waals surface area contributed by atoms with E-state index in [9.17, 15) is 24.5 Å². The number of rotatable bonds is 6. The first-order valence-corrected chi connectivity index (χ1v) is 9.15. The second-order valence-electron chi connectivity index (χ2n) is 7.45. The minimum Gasteiger partial charge on any atom is -0.319 e. The average molecular weight is 395 g/mol. The lowest BCUT2D eigenvalue weighted by Gasteiger charge is -2.22. The molecule has 0 aliphatic carbocycles. The van der Waals surface area contributed by atoms with E-state index in [1.807, 2.05) is 26.0 Å². The molecule has 1 N–H and O–H groups in total. The van der Waals surface area contributed by atoms with Gasteiger partial charge in [0.25, 0.3) is 11.6 Å². The molecule has 29 heavy (non-hydrogen) atoms. The van der Waals surface area contributed by atoms with Crippen LogP contribution in [0, 0.1) is 10.1 Å². The van der Waals surface area contributed by atoms with Gasteiger partial charge in [-0.05, 0) is 36.1 Å². The SMILES string of the molecule is CC(C)c1ccc(C(=O)CN2C(=O)NC(C)(c3ccc([N+](=O)[O-])cc3)C2=O)cc1. The Morgan fingerprint density at radius 1 is 1.10 bits per heavy atom. The number of nitrogens with zero attached hydrogens (tertiary/aromatic N) is 2. The summed E-state index contributed by atoms with van der Waals surface area (Å²) in [4.78, 5) is 49.1. The van der Waals surface area contributed by atoms with Gasteiger partial charge in [-0.2, -0.15) is 0 Å². The molecule has 0 radical (unpaired) electrons. The minimum absolute atomic E-state index is 0.119. The van der Waals surface area contributed by atoms with Gasteiger partial charge in [-0.3, -0.25) is 24.6 Å². The zero-order chi connectivity index (χ0) is 21.3. The van der Waals surface area contributed by atoms with Crippen LogP contribution in [0.1, 0.15) is 48.2 Å². The second-order valence-corrected chi connectivity index (χ2v) is 7.45. The highest BCUT2D eigenvalue weighted by molar-refractivity contribution is 6.11. The fraction of sp³-hybridized carbons (Fsp3) is 0.286. The highest BCUT2D eigenvalue weighted by Gasteiger charge is 2.49. The Hall–Kier alpha value is -3.55. The topological polar surface area (TPSA) is 110 Å². The molecule has 3 amide bonds. The van der Waals surface area contributed by atoms with E-state index in [1.54, 1.807) is 12.1 Å². The van der Waals surface area contributed by atoms with Crippen molar-refractivity contribution in [3.63, 3.8) is 0 Å². The molecule has 1 heterocycles. The highest BCUT2D eigenvalue weighted by Crippen LogP contribution is 2.30. The van der Waals surface area contributed by atoms with Crippen LogP contribution in [0.15, 0.2) is 48.5 Å². The molecule has 1 unspecified atom stereocenters. The molecule has 0 aromatic heterocycles. The fourth-order valence-electron chi connectivity index (χ4n) is 3.24. The number of carbonyl (C=O) groups is 3. The monoisotopic (exact) mass is 395 g/mol. The predicted molar refractivity (Wildman–Crippen MR) is 106 cm³/mol. The van der Waals surface area contributed by atoms with Crippen LogP contribution in [-0.2, 0) is 10.3 Å². The average Bonchev–Trinajstić information content (AvgIpc) is 2.92. The number of Topliss-reactive ketones (excluding diaryl/α,β-unsaturated/α-hetero) is 1. The van der Waals surface area contributed by atoms with Crippen molar-refractivity contribution in [3.8, 4) is 0 Å². The van der Waals surface area contributed by atoms with Crippen LogP contribution >= 0.6 is 0 Å². The lowest BCUT2D eigenvalue weighted by molar-refractivity contribution is -0.384. The summed E-state index contributed by atoms with van der Waals surface area (Å²) in [5.74, 6) is -0.604. The van der Waals surface area contributed by atoms with Gasteiger partial charge < -0.3 is 5.32 Å². The maximum absolute atomic E-state index is 12.9. The Morgan fingerprint density at radius 3 is 2.21 bits per heavy atom. The summed E-state index contributed by atoms with van der Waals surface area (Å²) < 4.78 is 0. The molecular weight excluding hydrogens is 374 g/mol. The number of benzene rings is 2. The number of nitro benzene ring substituents is 1. The van der Waals surface area contributed by atoms with Gasteiger partial charge in [-0.15, -0.1) is 0 Å². The summed E-state index contributed by atoms with van der Waals surface area (Å²) in [6.45, 7) is 5.22. The van der Waals surface area contributed by atoms with Gasteiger partial charge in [0.2, 0.25) is 0 Å². The maximum atomic E-state index is 12.9. The first-order valence-electron chi connectivity index (χ1n) is 9.15. The lowest BCUT2D eigenvalue weighted by Crippen LogP contribution is -2.41. The zero-order valence-corrected chi connectivity index (χ0v) is 16.3. The number of imide groups is 1. The van der Waals surface area contributed by atoms with Crippen LogP contribution in [0.5, 0.6) is 0 Å². The Bertz CT molecular complexity index is 982. The van der Waals surface area contributed by atoms with Crippen molar-refractivity contribution in [2.24, 2.45) is 0 Å². The van der Waals surface area contributed by atoms with E-state index in [1.165, 1.54) is 31.2 Å². The molecule has 0 bridgehead atoms. The largest absolute Gasteiger partial charge is 0.325 e. The number of urea groups is 1. The highest BCUT2D eigenvalue weighted by atomic mass is 16.6. The number of nitrogens with one attached hydrogen (secondary N) is 1. The van der Waals surface area contributed by atoms with Crippen molar-refractivity contribution >= 4 is 23.4 Å². The molecule has 150 valence electrons. The Labute approximate surface area is 167 Å². The fourth-order valence-corrected chi connectivity index (χ4v) is 3.24. The van der Waals surface area contributed by atoms with Crippen LogP contribution in [0.3, 0.4) is 0 Å². The van der Waals surface area contributed by atoms with E-state index >= 15 is 0 Å². The Morgan fingerprint density at radius 2 is 1.69 bits per heavy atom. The van der Waals surface area contributed by atoms with E-state index in [0.717, 1.165) is 10.5 Å². The maximum Gasteiger partial charge on any atom is 0.325 e. The lowest BCUT2D eigenvalue weighted by atomic mass is 9.92. The van der Waals surface area contributed by atoms with E-state index in [0.29, 0.717) is 17.0 Å². The third-order valence-corrected chi connectivity index (χ3v) is 5.13. The van der Waals surface area contributed by atoms with Gasteiger partial charge >= 0.3 is 6.03 Å². The summed E-state index contributed by atoms with van der Waals surface area (Å²) in [5, 5.41) is 13.4. The van der Waals surface area contributed by atoms with Gasteiger partial charge in [0.15, 0.2) is 5.78 Å². The predicted octanol–water partition coefficient (Wildman–Crippen LogP) is 3.37. The van der Waals surface area contributed by atoms with Crippen molar-refractivity contribution < 1.29 is 19.3 Å². The first-order chi connectivity index (χ1) is 13.6. The number of nitro groups is 1. The van der Waals surface area contributed by atoms with Crippen LogP contribution in [0.2, 0.25) is 0 Å². The first kappa shape index (κ1) is 20.2. The molecule has 8 heteroatoms. The van der Waals surface area contributed by atoms with Gasteiger partial charge in [-0.1, -0.05) is 38.1 Å². The van der Waals surface area contributed by atoms with E-state index in [2.05, 4.69) is 5.32 Å². The molecule has 2 aromatic rings. The van der Waals surface area contributed by atoms with E-state index in [-0.39, 0.29) is 18.0 Å². The number of non-ortho nitro benzene ring substituents is 1. The van der Waals surface area contributed by atoms with Gasteiger partial charge in [0.05, 0.1) is 11.5 Å². The van der Waals surface area contributed by atoms with E-state index in [4.69, 9.17) is 0 Å². The van der Waals surface area contributed by atoms with Crippen molar-refractivity contribution in [1.82, 2.24) is 10.2 Å². The van der Waals surface area contributed by atoms with Crippen molar-refractivity contribution in [3.05, 3.63) is 75.3 Å². The van der Waals surface area contributed by atoms with Crippen LogP contribution < -0.4 is 5.32 Å². The van der Waals surface area contributed by atoms with Crippen molar-refractivity contribution in [2.45, 2.75) is 32.2 Å². The van der Waals surface area contributed by atoms with E-state index < -0.39 is 22.4 Å². The molecule has 0 saturated carbocycles. The number of carbonyl (C=O) groups excluding carboxylic acids is 3. The summed E-state index contributed by atoms with van der Waals surface area (Å²) in [6, 6.07) is 11.8. The summed E-state index contributed by atoms with van der Waals surface area (Å²) >= 11 is 0. The summed E-state index contributed by atoms with van der Waals surface area (Å²) in [7, 11) is 0. The number of hydrogen-bond donors (Lipinski definition) is 1. The van der Waals surface area contributed by atoms with Gasteiger partial charge in [0, 0.05) is 17.7 Å². The van der Waals surface area contributed by atoms with Crippen molar-refractivity contribution in [2.75, 3.05) is 6.54 Å².